The summed E-state index contributed by atoms with van der Waals surface area (Å²) in [4.78, 5) is 0. The van der Waals surface area contributed by atoms with Crippen LogP contribution in [-0.2, 0) is 0 Å². The van der Waals surface area contributed by atoms with E-state index < -0.39 is 0 Å². The van der Waals surface area contributed by atoms with E-state index in [0.717, 1.165) is 12.3 Å². The lowest BCUT2D eigenvalue weighted by molar-refractivity contribution is 0.228. The van der Waals surface area contributed by atoms with Gasteiger partial charge in [-0.2, -0.15) is 0 Å². The molecular weight excluding hydrogens is 162 g/mol. The van der Waals surface area contributed by atoms with Crippen LogP contribution in [0.15, 0.2) is 0 Å². The Bertz CT molecular complexity index is 130. The van der Waals surface area contributed by atoms with Gasteiger partial charge in [-0.1, -0.05) is 26.7 Å². The molecule has 0 radical (unpaired) electrons. The zero-order valence-corrected chi connectivity index (χ0v) is 8.92. The topological polar surface area (TPSA) is 32.3 Å². The van der Waals surface area contributed by atoms with Gasteiger partial charge in [0.1, 0.15) is 0 Å². The van der Waals surface area contributed by atoms with Crippen LogP contribution in [0.25, 0.3) is 0 Å². The summed E-state index contributed by atoms with van der Waals surface area (Å²) in [6.07, 6.45) is 6.39. The second kappa shape index (κ2) is 5.61. The number of aliphatic hydroxyl groups excluding tert-OH is 1. The van der Waals surface area contributed by atoms with Crippen LogP contribution in [0.4, 0.5) is 0 Å². The van der Waals surface area contributed by atoms with E-state index in [-0.39, 0.29) is 0 Å². The van der Waals surface area contributed by atoms with Crippen LogP contribution in [0, 0.1) is 5.92 Å². The highest BCUT2D eigenvalue weighted by Gasteiger charge is 2.24. The van der Waals surface area contributed by atoms with Crippen LogP contribution in [-0.4, -0.2) is 23.8 Å². The first kappa shape index (κ1) is 11.0. The van der Waals surface area contributed by atoms with Crippen molar-refractivity contribution >= 4 is 0 Å². The molecule has 1 saturated carbocycles. The maximum atomic E-state index is 8.97. The summed E-state index contributed by atoms with van der Waals surface area (Å²) in [5.74, 6) is 0.814. The van der Waals surface area contributed by atoms with Crippen LogP contribution in [0.3, 0.4) is 0 Å². The Kier molecular flexibility index (Phi) is 4.74. The Balaban J connectivity index is 2.35. The lowest BCUT2D eigenvalue weighted by Gasteiger charge is -2.26. The van der Waals surface area contributed by atoms with Crippen LogP contribution in [0.2, 0.25) is 0 Å². The SMILES string of the molecule is CC(C)NC(CCO)C1CCCC1. The monoisotopic (exact) mass is 185 g/mol. The highest BCUT2D eigenvalue weighted by molar-refractivity contribution is 4.81. The Morgan fingerprint density at radius 3 is 2.38 bits per heavy atom. The second-order valence-corrected chi connectivity index (χ2v) is 4.48. The molecule has 2 nitrogen and oxygen atoms in total. The predicted molar refractivity (Wildman–Crippen MR) is 55.7 cm³/mol. The third-order valence-corrected chi connectivity index (χ3v) is 2.96. The van der Waals surface area contributed by atoms with E-state index in [1.165, 1.54) is 25.7 Å². The molecular formula is C11H23NO. The highest BCUT2D eigenvalue weighted by Crippen LogP contribution is 2.29. The van der Waals surface area contributed by atoms with Crippen LogP contribution >= 0.6 is 0 Å². The molecule has 78 valence electrons. The molecule has 1 rings (SSSR count). The summed E-state index contributed by atoms with van der Waals surface area (Å²) in [7, 11) is 0. The van der Waals surface area contributed by atoms with Gasteiger partial charge >= 0.3 is 0 Å². The van der Waals surface area contributed by atoms with Crippen molar-refractivity contribution in [2.45, 2.75) is 58.0 Å². The molecule has 0 spiro atoms. The van der Waals surface area contributed by atoms with Gasteiger partial charge in [-0.15, -0.1) is 0 Å². The molecule has 1 aliphatic carbocycles. The maximum Gasteiger partial charge on any atom is 0.0445 e. The fraction of sp³-hybridized carbons (Fsp3) is 1.00. The van der Waals surface area contributed by atoms with Crippen molar-refractivity contribution in [3.05, 3.63) is 0 Å². The molecule has 0 aromatic carbocycles. The molecule has 1 unspecified atom stereocenters. The Morgan fingerprint density at radius 1 is 1.31 bits per heavy atom. The minimum atomic E-state index is 0.320. The quantitative estimate of drug-likeness (QED) is 0.686. The van der Waals surface area contributed by atoms with Gasteiger partial charge in [-0.25, -0.2) is 0 Å². The van der Waals surface area contributed by atoms with Crippen molar-refractivity contribution in [2.75, 3.05) is 6.61 Å². The molecule has 0 aromatic heterocycles. The van der Waals surface area contributed by atoms with Crippen LogP contribution in [0.5, 0.6) is 0 Å². The lowest BCUT2D eigenvalue weighted by Crippen LogP contribution is -2.40. The van der Waals surface area contributed by atoms with E-state index in [9.17, 15) is 0 Å². The van der Waals surface area contributed by atoms with Gasteiger partial charge in [-0.3, -0.25) is 0 Å². The molecule has 0 saturated heterocycles. The number of hydrogen-bond donors (Lipinski definition) is 2. The third kappa shape index (κ3) is 3.65. The summed E-state index contributed by atoms with van der Waals surface area (Å²) in [5.41, 5.74) is 0. The molecule has 0 aromatic rings. The molecule has 13 heavy (non-hydrogen) atoms. The van der Waals surface area contributed by atoms with Gasteiger partial charge in [0.25, 0.3) is 0 Å². The number of aliphatic hydroxyl groups is 1. The number of hydrogen-bond acceptors (Lipinski definition) is 2. The van der Waals surface area contributed by atoms with Gasteiger partial charge in [0.2, 0.25) is 0 Å². The highest BCUT2D eigenvalue weighted by atomic mass is 16.3. The zero-order chi connectivity index (χ0) is 9.68. The fourth-order valence-electron chi connectivity index (χ4n) is 2.38. The summed E-state index contributed by atoms with van der Waals surface area (Å²) < 4.78 is 0. The average Bonchev–Trinajstić information content (AvgIpc) is 2.54. The van der Waals surface area contributed by atoms with E-state index in [1.54, 1.807) is 0 Å². The predicted octanol–water partition coefficient (Wildman–Crippen LogP) is 1.93. The number of rotatable bonds is 5. The van der Waals surface area contributed by atoms with E-state index in [0.29, 0.717) is 18.7 Å². The van der Waals surface area contributed by atoms with Crippen LogP contribution < -0.4 is 5.32 Å². The van der Waals surface area contributed by atoms with Crippen molar-refractivity contribution in [3.63, 3.8) is 0 Å². The normalized spacial score (nSPS) is 21.2. The van der Waals surface area contributed by atoms with Crippen molar-refractivity contribution < 1.29 is 5.11 Å². The van der Waals surface area contributed by atoms with E-state index in [2.05, 4.69) is 19.2 Å². The standard InChI is InChI=1S/C11H23NO/c1-9(2)12-11(7-8-13)10-5-3-4-6-10/h9-13H,3-8H2,1-2H3. The zero-order valence-electron chi connectivity index (χ0n) is 8.92. The van der Waals surface area contributed by atoms with E-state index in [4.69, 9.17) is 5.11 Å². The van der Waals surface area contributed by atoms with Crippen molar-refractivity contribution in [2.24, 2.45) is 5.92 Å². The third-order valence-electron chi connectivity index (χ3n) is 2.96. The van der Waals surface area contributed by atoms with E-state index in [1.807, 2.05) is 0 Å². The average molecular weight is 185 g/mol. The van der Waals surface area contributed by atoms with Crippen molar-refractivity contribution in [3.8, 4) is 0 Å². The molecule has 1 atom stereocenters. The lowest BCUT2D eigenvalue weighted by atomic mass is 9.95. The Morgan fingerprint density at radius 2 is 1.92 bits per heavy atom. The Hall–Kier alpha value is -0.0800. The minimum Gasteiger partial charge on any atom is -0.396 e. The molecule has 0 aliphatic heterocycles. The maximum absolute atomic E-state index is 8.97. The van der Waals surface area contributed by atoms with Gasteiger partial charge in [0, 0.05) is 18.7 Å². The van der Waals surface area contributed by atoms with Gasteiger partial charge in [0.15, 0.2) is 0 Å². The first-order chi connectivity index (χ1) is 6.24. The molecule has 0 bridgehead atoms. The summed E-state index contributed by atoms with van der Waals surface area (Å²) >= 11 is 0. The first-order valence-electron chi connectivity index (χ1n) is 5.61. The minimum absolute atomic E-state index is 0.320. The molecule has 1 fully saturated rings. The molecule has 2 N–H and O–H groups in total. The summed E-state index contributed by atoms with van der Waals surface area (Å²) in [5, 5.41) is 12.5. The molecule has 1 aliphatic rings. The first-order valence-corrected chi connectivity index (χ1v) is 5.61. The van der Waals surface area contributed by atoms with Gasteiger partial charge < -0.3 is 10.4 Å². The smallest absolute Gasteiger partial charge is 0.0445 e. The largest absolute Gasteiger partial charge is 0.396 e. The molecule has 0 heterocycles. The fourth-order valence-corrected chi connectivity index (χ4v) is 2.38. The van der Waals surface area contributed by atoms with Gasteiger partial charge in [0.05, 0.1) is 0 Å². The summed E-state index contributed by atoms with van der Waals surface area (Å²) in [6, 6.07) is 1.09. The van der Waals surface area contributed by atoms with Crippen molar-refractivity contribution in [1.29, 1.82) is 0 Å². The van der Waals surface area contributed by atoms with Gasteiger partial charge in [-0.05, 0) is 25.2 Å². The van der Waals surface area contributed by atoms with Crippen molar-refractivity contribution in [1.82, 2.24) is 5.32 Å². The summed E-state index contributed by atoms with van der Waals surface area (Å²) in [6.45, 7) is 4.68. The Labute approximate surface area is 81.7 Å². The van der Waals surface area contributed by atoms with E-state index >= 15 is 0 Å². The molecule has 2 heteroatoms. The molecule has 0 amide bonds. The number of nitrogens with one attached hydrogen (secondary N) is 1. The van der Waals surface area contributed by atoms with Crippen LogP contribution in [0.1, 0.15) is 46.0 Å². The second-order valence-electron chi connectivity index (χ2n) is 4.48.